The van der Waals surface area contributed by atoms with Crippen molar-refractivity contribution in [2.75, 3.05) is 0 Å². The molecule has 0 bridgehead atoms. The van der Waals surface area contributed by atoms with E-state index < -0.39 is 5.41 Å². The molecular weight excluding hydrogens is 677 g/mol. The molecule has 5 rings (SSSR count). The third kappa shape index (κ3) is 6.68. The number of hydrogen-bond donors (Lipinski definition) is 1. The van der Waals surface area contributed by atoms with Crippen LogP contribution >= 0.6 is 0 Å². The summed E-state index contributed by atoms with van der Waals surface area (Å²) in [6.45, 7) is 15.5. The van der Waals surface area contributed by atoms with Crippen molar-refractivity contribution in [3.63, 3.8) is 0 Å². The van der Waals surface area contributed by atoms with Gasteiger partial charge >= 0.3 is 0 Å². The fourth-order valence-corrected chi connectivity index (χ4v) is 4.03. The fourth-order valence-electron chi connectivity index (χ4n) is 4.03. The van der Waals surface area contributed by atoms with Crippen LogP contribution in [-0.4, -0.2) is 20.9 Å². The van der Waals surface area contributed by atoms with Gasteiger partial charge < -0.3 is 9.52 Å². The van der Waals surface area contributed by atoms with Crippen molar-refractivity contribution in [3.05, 3.63) is 84.4 Å². The van der Waals surface area contributed by atoms with Gasteiger partial charge in [0.25, 0.3) is 0 Å². The minimum absolute atomic E-state index is 0. The molecule has 6 heteroatoms. The molecule has 2 heterocycles. The summed E-state index contributed by atoms with van der Waals surface area (Å²) < 4.78 is 6.18. The van der Waals surface area contributed by atoms with Crippen molar-refractivity contribution in [3.8, 4) is 11.3 Å². The number of rotatable bonds is 3. The maximum atomic E-state index is 11.5. The zero-order chi connectivity index (χ0) is 28.5. The third-order valence-electron chi connectivity index (χ3n) is 6.68. The average molecular weight is 714 g/mol. The Hall–Kier alpha value is -3.34. The van der Waals surface area contributed by atoms with Gasteiger partial charge in [0.1, 0.15) is 28.8 Å². The van der Waals surface area contributed by atoms with E-state index in [2.05, 4.69) is 60.2 Å². The van der Waals surface area contributed by atoms with Crippen molar-refractivity contribution in [2.24, 2.45) is 10.8 Å². The number of fused-ring (bicyclic) bond motifs is 5. The van der Waals surface area contributed by atoms with Gasteiger partial charge in [0, 0.05) is 42.7 Å². The van der Waals surface area contributed by atoms with Crippen molar-refractivity contribution in [2.45, 2.75) is 61.3 Å². The predicted molar refractivity (Wildman–Crippen MR) is 160 cm³/mol. The quantitative estimate of drug-likeness (QED) is 0.115. The van der Waals surface area contributed by atoms with E-state index in [9.17, 15) is 9.90 Å². The zero-order valence-electron chi connectivity index (χ0n) is 24.4. The van der Waals surface area contributed by atoms with Crippen molar-refractivity contribution < 1.29 is 34.4 Å². The summed E-state index contributed by atoms with van der Waals surface area (Å²) in [5.74, 6) is 0.579. The van der Waals surface area contributed by atoms with Gasteiger partial charge in [-0.3, -0.25) is 9.78 Å². The summed E-state index contributed by atoms with van der Waals surface area (Å²) in [5, 5.41) is 12.9. The molecule has 1 N–H and O–H groups in total. The van der Waals surface area contributed by atoms with Crippen LogP contribution in [0.1, 0.15) is 66.9 Å². The average Bonchev–Trinajstić information content (AvgIpc) is 3.27. The molecule has 0 aliphatic heterocycles. The van der Waals surface area contributed by atoms with Gasteiger partial charge in [0.05, 0.1) is 5.39 Å². The van der Waals surface area contributed by atoms with Crippen LogP contribution in [0, 0.1) is 16.9 Å². The number of aromatic nitrogens is 2. The first kappa shape index (κ1) is 31.2. The van der Waals surface area contributed by atoms with Crippen LogP contribution in [0.3, 0.4) is 0 Å². The van der Waals surface area contributed by atoms with Gasteiger partial charge in [-0.15, -0.1) is 35.4 Å². The van der Waals surface area contributed by atoms with E-state index in [1.165, 1.54) is 17.0 Å². The van der Waals surface area contributed by atoms with E-state index in [1.807, 2.05) is 65.8 Å². The van der Waals surface area contributed by atoms with Crippen LogP contribution in [0.15, 0.2) is 77.2 Å². The van der Waals surface area contributed by atoms with E-state index in [0.29, 0.717) is 11.5 Å². The van der Waals surface area contributed by atoms with E-state index in [0.717, 1.165) is 33.1 Å². The van der Waals surface area contributed by atoms with Crippen molar-refractivity contribution in [1.82, 2.24) is 9.97 Å². The summed E-state index contributed by atoms with van der Waals surface area (Å²) >= 11 is 0. The van der Waals surface area contributed by atoms with Gasteiger partial charge in [0.15, 0.2) is 5.78 Å². The van der Waals surface area contributed by atoms with Crippen LogP contribution in [0.4, 0.5) is 0 Å². The number of allylic oxidation sites excluding steroid dienone is 2. The van der Waals surface area contributed by atoms with Crippen LogP contribution < -0.4 is 0 Å². The smallest absolute Gasteiger partial charge is 0.164 e. The van der Waals surface area contributed by atoms with Crippen LogP contribution in [-0.2, 0) is 24.9 Å². The molecule has 0 spiro atoms. The SMILES string of the molecule is CC(C)(C)C(=O)/C=C(\O)C(C)(C)C.CC(C)c1c[c-]c(-c2ncnc3c2oc2ccc4ccccc4c23)cc1.[Ir]. The summed E-state index contributed by atoms with van der Waals surface area (Å²) in [4.78, 5) is 20.5. The molecule has 2 aromatic heterocycles. The third-order valence-corrected chi connectivity index (χ3v) is 6.68. The molecule has 0 aliphatic carbocycles. The molecule has 0 amide bonds. The minimum atomic E-state index is -0.417. The van der Waals surface area contributed by atoms with Gasteiger partial charge in [0.2, 0.25) is 0 Å². The predicted octanol–water partition coefficient (Wildman–Crippen LogP) is 9.21. The molecule has 40 heavy (non-hydrogen) atoms. The number of nitrogens with zero attached hydrogens (tertiary/aromatic N) is 2. The molecule has 0 aliphatic rings. The van der Waals surface area contributed by atoms with Gasteiger partial charge in [-0.2, -0.15) is 0 Å². The second-order valence-corrected chi connectivity index (χ2v) is 12.2. The Bertz CT molecular complexity index is 1670. The second kappa shape index (κ2) is 12.0. The molecule has 5 aromatic rings. The van der Waals surface area contributed by atoms with Gasteiger partial charge in [-0.1, -0.05) is 91.6 Å². The van der Waals surface area contributed by atoms with Gasteiger partial charge in [-0.25, -0.2) is 4.98 Å². The Morgan fingerprint density at radius 1 is 0.950 bits per heavy atom. The molecule has 3 aromatic carbocycles. The Balaban J connectivity index is 0.000000272. The Morgan fingerprint density at radius 3 is 2.25 bits per heavy atom. The molecule has 0 fully saturated rings. The molecule has 0 atom stereocenters. The summed E-state index contributed by atoms with van der Waals surface area (Å²) in [7, 11) is 0. The van der Waals surface area contributed by atoms with Crippen LogP contribution in [0.2, 0.25) is 0 Å². The minimum Gasteiger partial charge on any atom is -0.512 e. The summed E-state index contributed by atoms with van der Waals surface area (Å²) in [6, 6.07) is 22.0. The Labute approximate surface area is 250 Å². The first-order valence-electron chi connectivity index (χ1n) is 13.3. The fraction of sp³-hybridized carbons (Fsp3) is 0.324. The summed E-state index contributed by atoms with van der Waals surface area (Å²) in [6.07, 6.45) is 2.94. The molecule has 211 valence electrons. The van der Waals surface area contributed by atoms with Crippen LogP contribution in [0.25, 0.3) is 44.1 Å². The number of benzene rings is 3. The van der Waals surface area contributed by atoms with Crippen molar-refractivity contribution in [1.29, 1.82) is 0 Å². The number of aliphatic hydroxyl groups is 1. The number of furan rings is 1. The normalized spacial score (nSPS) is 12.4. The number of ketones is 1. The molecule has 1 radical (unpaired) electrons. The van der Waals surface area contributed by atoms with E-state index in [1.54, 1.807) is 6.33 Å². The molecule has 5 nitrogen and oxygen atoms in total. The topological polar surface area (TPSA) is 76.2 Å². The molecule has 0 unspecified atom stereocenters. The Morgan fingerprint density at radius 2 is 1.65 bits per heavy atom. The number of carbonyl (C=O) groups is 1. The largest absolute Gasteiger partial charge is 0.512 e. The zero-order valence-corrected chi connectivity index (χ0v) is 26.8. The second-order valence-electron chi connectivity index (χ2n) is 12.2. The molecular formula is C34H37IrN2O3-. The number of hydrogen-bond acceptors (Lipinski definition) is 5. The first-order chi connectivity index (χ1) is 18.3. The monoisotopic (exact) mass is 714 g/mol. The van der Waals surface area contributed by atoms with Gasteiger partial charge in [-0.05, 0) is 16.8 Å². The molecule has 0 saturated heterocycles. The summed E-state index contributed by atoms with van der Waals surface area (Å²) in [5.41, 5.74) is 4.60. The van der Waals surface area contributed by atoms with Crippen molar-refractivity contribution >= 4 is 38.6 Å². The number of aliphatic hydroxyl groups excluding tert-OH is 1. The standard InChI is InChI=1S/C23H17N2O.C11H20O2.Ir/c1-14(2)15-7-9-17(10-8-15)21-23-22(25-13-24-21)20-18-6-4-3-5-16(18)11-12-19(20)26-23;1-10(2,3)8(12)7-9(13)11(4,5)6;/h3-9,11-14H,1-2H3;7,12H,1-6H3;/q-1;;/b;8-7-;. The first-order valence-corrected chi connectivity index (χ1v) is 13.3. The maximum absolute atomic E-state index is 11.5. The maximum Gasteiger partial charge on any atom is 0.164 e. The Kier molecular flexibility index (Phi) is 9.38. The van der Waals surface area contributed by atoms with E-state index in [-0.39, 0.29) is 37.1 Å². The van der Waals surface area contributed by atoms with Crippen LogP contribution in [0.5, 0.6) is 0 Å². The molecule has 0 saturated carbocycles. The number of carbonyl (C=O) groups excluding carboxylic acids is 1. The van der Waals surface area contributed by atoms with E-state index in [4.69, 9.17) is 4.42 Å². The van der Waals surface area contributed by atoms with E-state index >= 15 is 0 Å².